The lowest BCUT2D eigenvalue weighted by Gasteiger charge is -2.33. The summed E-state index contributed by atoms with van der Waals surface area (Å²) in [6, 6.07) is 5.19. The van der Waals surface area contributed by atoms with Gasteiger partial charge >= 0.3 is 0 Å². The topological polar surface area (TPSA) is 35.5 Å². The molecule has 1 saturated heterocycles. The molecule has 3 nitrogen and oxygen atoms in total. The van der Waals surface area contributed by atoms with E-state index in [-0.39, 0.29) is 11.9 Å². The van der Waals surface area contributed by atoms with Gasteiger partial charge in [-0.05, 0) is 32.0 Å². The molecule has 94 valence electrons. The number of hydrogen-bond acceptors (Lipinski definition) is 3. The van der Waals surface area contributed by atoms with Crippen LogP contribution in [0.2, 0.25) is 0 Å². The predicted octanol–water partition coefficient (Wildman–Crippen LogP) is 1.51. The summed E-state index contributed by atoms with van der Waals surface area (Å²) in [5.74, 6) is -0.164. The van der Waals surface area contributed by atoms with Gasteiger partial charge in [-0.3, -0.25) is 0 Å². The maximum absolute atomic E-state index is 13.8. The zero-order valence-corrected chi connectivity index (χ0v) is 10.1. The fraction of sp³-hybridized carbons (Fsp3) is 0.538. The first-order valence-corrected chi connectivity index (χ1v) is 6.07. The van der Waals surface area contributed by atoms with Crippen LogP contribution in [0.15, 0.2) is 18.2 Å². The van der Waals surface area contributed by atoms with E-state index in [0.29, 0.717) is 12.1 Å². The van der Waals surface area contributed by atoms with E-state index in [4.69, 9.17) is 0 Å². The fourth-order valence-electron chi connectivity index (χ4n) is 2.30. The van der Waals surface area contributed by atoms with Gasteiger partial charge in [0.25, 0.3) is 0 Å². The fourth-order valence-corrected chi connectivity index (χ4v) is 2.30. The molecule has 4 heteroatoms. The second-order valence-electron chi connectivity index (χ2n) is 4.49. The first kappa shape index (κ1) is 12.3. The second kappa shape index (κ2) is 5.47. The number of rotatable bonds is 3. The molecule has 1 heterocycles. The Morgan fingerprint density at radius 3 is 2.76 bits per heavy atom. The van der Waals surface area contributed by atoms with E-state index in [0.717, 1.165) is 31.6 Å². The van der Waals surface area contributed by atoms with Gasteiger partial charge in [0.2, 0.25) is 0 Å². The molecule has 2 N–H and O–H groups in total. The zero-order chi connectivity index (χ0) is 12.3. The number of aliphatic hydroxyl groups excluding tert-OH is 1. The van der Waals surface area contributed by atoms with Crippen molar-refractivity contribution in [3.05, 3.63) is 29.6 Å². The Hall–Kier alpha value is -1.13. The van der Waals surface area contributed by atoms with Gasteiger partial charge in [-0.2, -0.15) is 0 Å². The molecule has 0 aliphatic carbocycles. The van der Waals surface area contributed by atoms with Crippen molar-refractivity contribution in [3.8, 4) is 0 Å². The van der Waals surface area contributed by atoms with Gasteiger partial charge in [0.05, 0.1) is 6.10 Å². The average Bonchev–Trinajstić information content (AvgIpc) is 2.33. The van der Waals surface area contributed by atoms with Crippen LogP contribution in [0.5, 0.6) is 0 Å². The van der Waals surface area contributed by atoms with E-state index >= 15 is 0 Å². The molecule has 1 aliphatic heterocycles. The lowest BCUT2D eigenvalue weighted by atomic mass is 10.0. The highest BCUT2D eigenvalue weighted by Gasteiger charge is 2.20. The SMILES string of the molecule is CNCc1c(F)cccc1N1CCC(O)CC1. The van der Waals surface area contributed by atoms with Crippen LogP contribution >= 0.6 is 0 Å². The Balaban J connectivity index is 2.22. The van der Waals surface area contributed by atoms with Crippen molar-refractivity contribution in [1.82, 2.24) is 5.32 Å². The van der Waals surface area contributed by atoms with E-state index in [9.17, 15) is 9.50 Å². The second-order valence-corrected chi connectivity index (χ2v) is 4.49. The van der Waals surface area contributed by atoms with Gasteiger partial charge in [-0.15, -0.1) is 0 Å². The molecule has 0 aromatic heterocycles. The first-order chi connectivity index (χ1) is 8.22. The number of aliphatic hydroxyl groups is 1. The molecule has 1 aromatic carbocycles. The number of anilines is 1. The molecule has 0 bridgehead atoms. The Morgan fingerprint density at radius 1 is 1.41 bits per heavy atom. The average molecular weight is 238 g/mol. The summed E-state index contributed by atoms with van der Waals surface area (Å²) in [6.45, 7) is 2.11. The highest BCUT2D eigenvalue weighted by Crippen LogP contribution is 2.26. The maximum atomic E-state index is 13.8. The van der Waals surface area contributed by atoms with Crippen LogP contribution in [0.3, 0.4) is 0 Å². The monoisotopic (exact) mass is 238 g/mol. The summed E-state index contributed by atoms with van der Waals surface area (Å²) in [5, 5.41) is 12.5. The molecule has 17 heavy (non-hydrogen) atoms. The van der Waals surface area contributed by atoms with E-state index in [2.05, 4.69) is 10.2 Å². The minimum absolute atomic E-state index is 0.164. The minimum Gasteiger partial charge on any atom is -0.393 e. The lowest BCUT2D eigenvalue weighted by Crippen LogP contribution is -2.36. The van der Waals surface area contributed by atoms with Gasteiger partial charge in [-0.1, -0.05) is 6.07 Å². The van der Waals surface area contributed by atoms with Crippen LogP contribution < -0.4 is 10.2 Å². The Bertz CT molecular complexity index is 376. The largest absolute Gasteiger partial charge is 0.393 e. The van der Waals surface area contributed by atoms with Gasteiger partial charge in [0.15, 0.2) is 0 Å². The van der Waals surface area contributed by atoms with Crippen LogP contribution in [0.1, 0.15) is 18.4 Å². The highest BCUT2D eigenvalue weighted by molar-refractivity contribution is 5.54. The summed E-state index contributed by atoms with van der Waals surface area (Å²) < 4.78 is 13.8. The van der Waals surface area contributed by atoms with E-state index in [1.165, 1.54) is 6.07 Å². The van der Waals surface area contributed by atoms with E-state index in [1.807, 2.05) is 13.1 Å². The number of nitrogens with zero attached hydrogens (tertiary/aromatic N) is 1. The summed E-state index contributed by atoms with van der Waals surface area (Å²) in [7, 11) is 1.82. The molecule has 0 saturated carbocycles. The first-order valence-electron chi connectivity index (χ1n) is 6.07. The van der Waals surface area contributed by atoms with Crippen LogP contribution in [0.4, 0.5) is 10.1 Å². The predicted molar refractivity (Wildman–Crippen MR) is 66.6 cm³/mol. The molecule has 0 spiro atoms. The van der Waals surface area contributed by atoms with Crippen LogP contribution in [-0.2, 0) is 6.54 Å². The van der Waals surface area contributed by atoms with Crippen molar-refractivity contribution < 1.29 is 9.50 Å². The van der Waals surface area contributed by atoms with Crippen LogP contribution in [0.25, 0.3) is 0 Å². The summed E-state index contributed by atoms with van der Waals surface area (Å²) >= 11 is 0. The lowest BCUT2D eigenvalue weighted by molar-refractivity contribution is 0.145. The molecule has 1 fully saturated rings. The van der Waals surface area contributed by atoms with Gasteiger partial charge < -0.3 is 15.3 Å². The molecule has 0 unspecified atom stereocenters. The number of piperidine rings is 1. The van der Waals surface area contributed by atoms with Gasteiger partial charge in [0.1, 0.15) is 5.82 Å². The highest BCUT2D eigenvalue weighted by atomic mass is 19.1. The molecule has 1 aliphatic rings. The Kier molecular flexibility index (Phi) is 3.97. The molecular weight excluding hydrogens is 219 g/mol. The maximum Gasteiger partial charge on any atom is 0.129 e. The van der Waals surface area contributed by atoms with Crippen LogP contribution in [0, 0.1) is 5.82 Å². The molecule has 1 aromatic rings. The Labute approximate surface area is 101 Å². The van der Waals surface area contributed by atoms with Crippen molar-refractivity contribution in [2.24, 2.45) is 0 Å². The number of nitrogens with one attached hydrogen (secondary N) is 1. The third-order valence-electron chi connectivity index (χ3n) is 3.25. The van der Waals surface area contributed by atoms with E-state index < -0.39 is 0 Å². The molecule has 0 radical (unpaired) electrons. The Morgan fingerprint density at radius 2 is 2.12 bits per heavy atom. The third-order valence-corrected chi connectivity index (χ3v) is 3.25. The zero-order valence-electron chi connectivity index (χ0n) is 10.1. The van der Waals surface area contributed by atoms with Crippen molar-refractivity contribution in [2.75, 3.05) is 25.0 Å². The molecular formula is C13H19FN2O. The number of hydrogen-bond donors (Lipinski definition) is 2. The van der Waals surface area contributed by atoms with Crippen molar-refractivity contribution in [3.63, 3.8) is 0 Å². The molecule has 2 rings (SSSR count). The minimum atomic E-state index is -0.201. The quantitative estimate of drug-likeness (QED) is 0.838. The number of halogens is 1. The summed E-state index contributed by atoms with van der Waals surface area (Å²) in [6.07, 6.45) is 1.32. The van der Waals surface area contributed by atoms with Crippen LogP contribution in [-0.4, -0.2) is 31.3 Å². The van der Waals surface area contributed by atoms with Crippen molar-refractivity contribution in [2.45, 2.75) is 25.5 Å². The van der Waals surface area contributed by atoms with E-state index in [1.54, 1.807) is 6.07 Å². The molecule has 0 amide bonds. The normalized spacial score (nSPS) is 17.5. The molecule has 0 atom stereocenters. The summed E-state index contributed by atoms with van der Waals surface area (Å²) in [5.41, 5.74) is 1.66. The van der Waals surface area contributed by atoms with Gasteiger partial charge in [-0.25, -0.2) is 4.39 Å². The summed E-state index contributed by atoms with van der Waals surface area (Å²) in [4.78, 5) is 2.16. The van der Waals surface area contributed by atoms with Crippen molar-refractivity contribution in [1.29, 1.82) is 0 Å². The third kappa shape index (κ3) is 2.76. The smallest absolute Gasteiger partial charge is 0.129 e. The standard InChI is InChI=1S/C13H19FN2O/c1-15-9-11-12(14)3-2-4-13(11)16-7-5-10(17)6-8-16/h2-4,10,15,17H,5-9H2,1H3. The number of benzene rings is 1. The van der Waals surface area contributed by atoms with Crippen molar-refractivity contribution >= 4 is 5.69 Å². The van der Waals surface area contributed by atoms with Gasteiger partial charge in [0, 0.05) is 30.9 Å².